The van der Waals surface area contributed by atoms with E-state index in [4.69, 9.17) is 157 Å². The third-order valence-electron chi connectivity index (χ3n) is 14.5. The Balaban J connectivity index is 1.58. The molecule has 0 aromatic heterocycles. The minimum atomic E-state index is -1.88. The first-order chi connectivity index (χ1) is 33.4. The first-order valence-corrected chi connectivity index (χ1v) is 27.1. The van der Waals surface area contributed by atoms with Crippen molar-refractivity contribution in [1.82, 2.24) is 16.0 Å². The molecule has 0 aromatic rings. The lowest BCUT2D eigenvalue weighted by Crippen LogP contribution is -2.62. The van der Waals surface area contributed by atoms with Gasteiger partial charge in [0.25, 0.3) is 0 Å². The van der Waals surface area contributed by atoms with Gasteiger partial charge in [-0.25, -0.2) is 14.4 Å². The molecule has 4 rings (SSSR count). The Morgan fingerprint density at radius 3 is 1.06 bits per heavy atom. The van der Waals surface area contributed by atoms with E-state index < -0.39 is 117 Å². The molecule has 0 spiro atoms. The van der Waals surface area contributed by atoms with Crippen LogP contribution in [-0.4, -0.2) is 155 Å². The van der Waals surface area contributed by atoms with Crippen LogP contribution in [-0.2, 0) is 52.1 Å². The molecule has 0 saturated carbocycles. The van der Waals surface area contributed by atoms with E-state index in [1.54, 1.807) is 6.08 Å². The van der Waals surface area contributed by atoms with Gasteiger partial charge in [-0.2, -0.15) is 0 Å². The molecule has 0 aromatic carbocycles. The number of aliphatic hydroxyl groups is 1. The summed E-state index contributed by atoms with van der Waals surface area (Å²) in [5.41, 5.74) is 0. The lowest BCUT2D eigenvalue weighted by atomic mass is 9.79. The van der Waals surface area contributed by atoms with Gasteiger partial charge >= 0.3 is 18.3 Å². The van der Waals surface area contributed by atoms with Gasteiger partial charge in [-0.05, 0) is 47.3 Å². The van der Waals surface area contributed by atoms with Crippen molar-refractivity contribution in [2.45, 2.75) is 141 Å². The van der Waals surface area contributed by atoms with Crippen LogP contribution in [0.3, 0.4) is 0 Å². The Hall–Kier alpha value is -0.200. The summed E-state index contributed by atoms with van der Waals surface area (Å²) in [7, 11) is 0. The first-order valence-electron chi connectivity index (χ1n) is 23.7. The van der Waals surface area contributed by atoms with Crippen molar-refractivity contribution in [3.05, 3.63) is 12.7 Å². The highest BCUT2D eigenvalue weighted by Crippen LogP contribution is 2.40. The van der Waals surface area contributed by atoms with Crippen molar-refractivity contribution in [3.8, 4) is 0 Å². The molecule has 3 amide bonds. The molecule has 4 aliphatic rings. The van der Waals surface area contributed by atoms with Gasteiger partial charge < -0.3 is 73.2 Å². The molecule has 4 N–H and O–H groups in total. The highest BCUT2D eigenvalue weighted by Gasteiger charge is 2.49. The fourth-order valence-corrected chi connectivity index (χ4v) is 9.57. The quantitative estimate of drug-likeness (QED) is 0.0540. The number of carbonyl (C=O) groups excluding carboxylic acids is 3. The van der Waals surface area contributed by atoms with E-state index in [0.29, 0.717) is 6.61 Å². The van der Waals surface area contributed by atoms with Gasteiger partial charge in [0.2, 0.25) is 11.4 Å². The van der Waals surface area contributed by atoms with Crippen LogP contribution in [0.1, 0.15) is 62.3 Å². The summed E-state index contributed by atoms with van der Waals surface area (Å²) in [6, 6.07) is -2.40. The number of amides is 3. The van der Waals surface area contributed by atoms with Crippen LogP contribution in [0.25, 0.3) is 0 Å². The van der Waals surface area contributed by atoms with E-state index in [1.165, 1.54) is 0 Å². The predicted molar refractivity (Wildman–Crippen MR) is 274 cm³/mol. The molecule has 4 saturated heterocycles. The molecular weight excluding hydrogens is 1140 g/mol. The van der Waals surface area contributed by atoms with E-state index in [-0.39, 0.29) is 79.7 Å². The number of halogens is 9. The third kappa shape index (κ3) is 19.3. The maximum atomic E-state index is 13.2. The average Bonchev–Trinajstić information content (AvgIpc) is 3.30. The Labute approximate surface area is 467 Å². The van der Waals surface area contributed by atoms with Gasteiger partial charge in [-0.1, -0.05) is 173 Å². The van der Waals surface area contributed by atoms with E-state index in [1.807, 2.05) is 41.5 Å². The van der Waals surface area contributed by atoms with Crippen molar-refractivity contribution < 1.29 is 71.6 Å². The molecule has 0 aliphatic carbocycles. The topological polar surface area (TPSA) is 209 Å². The lowest BCUT2D eigenvalue weighted by Gasteiger charge is -2.48. The van der Waals surface area contributed by atoms with E-state index in [9.17, 15) is 19.5 Å². The maximum absolute atomic E-state index is 13.2. The number of carbonyl (C=O) groups is 3. The highest BCUT2D eigenvalue weighted by molar-refractivity contribution is 6.68. The molecule has 18 nitrogen and oxygen atoms in total. The number of alkyl halides is 9. The van der Waals surface area contributed by atoms with Gasteiger partial charge in [0.15, 0.2) is 25.2 Å². The van der Waals surface area contributed by atoms with Crippen LogP contribution in [0.15, 0.2) is 12.7 Å². The number of hydrogen-bond donors (Lipinski definition) is 4. The van der Waals surface area contributed by atoms with Crippen LogP contribution >= 0.6 is 104 Å². The molecule has 20 atom stereocenters. The molecule has 4 heterocycles. The summed E-state index contributed by atoms with van der Waals surface area (Å²) >= 11 is 52.7. The predicted octanol–water partition coefficient (Wildman–Crippen LogP) is 9.25. The van der Waals surface area contributed by atoms with Gasteiger partial charge in [0.05, 0.1) is 75.6 Å². The first kappa shape index (κ1) is 64.3. The van der Waals surface area contributed by atoms with Crippen LogP contribution in [0.4, 0.5) is 14.4 Å². The molecule has 418 valence electrons. The van der Waals surface area contributed by atoms with Crippen molar-refractivity contribution in [2.75, 3.05) is 52.9 Å². The molecular formula is C45H70Cl9N3O15. The number of aliphatic hydroxyl groups excluding tert-OH is 1. The maximum Gasteiger partial charge on any atom is 0.407 e. The normalized spacial score (nSPS) is 37.8. The molecule has 4 aliphatic heterocycles. The molecule has 4 fully saturated rings. The molecule has 0 bridgehead atoms. The summed E-state index contributed by atoms with van der Waals surface area (Å²) < 4.78 is 61.4. The monoisotopic (exact) mass is 1210 g/mol. The Morgan fingerprint density at radius 1 is 0.458 bits per heavy atom. The minimum absolute atomic E-state index is 0.0459. The molecule has 0 radical (unpaired) electrons. The second-order valence-corrected chi connectivity index (χ2v) is 26.8. The zero-order valence-corrected chi connectivity index (χ0v) is 48.4. The molecule has 8 unspecified atom stereocenters. The number of nitrogens with one attached hydrogen (secondary N) is 3. The number of rotatable bonds is 19. The Morgan fingerprint density at radius 2 is 0.750 bits per heavy atom. The molecule has 72 heavy (non-hydrogen) atoms. The standard InChI is InChI=1S/C45H70Cl9N3O15/c1-11-12-62-36-28(10)20(2)21(3)30(70-36)14-64-38-34(56-41(60)67-18-44(49,50)51)27(9)24(6)32(72-38)16-65-39-35(57-42(61)68-19-45(52,53)54)26(8)23(5)31(71-39)15-63-37-33(25(7)22(4)29(13-58)69-37)55-40(59)66-17-43(46,47)48/h11,20-39,58H,1,12-19H2,2-10H3,(H,55,59)(H,56,60)(H,57,61)/t20-,21-,22-,23-,24-,25-,26-,27-,28?,29?,30?,31?,32?,33?,34?,35?,36+,37+,38+,39+/m0/s1. The van der Waals surface area contributed by atoms with Crippen molar-refractivity contribution in [3.63, 3.8) is 0 Å². The van der Waals surface area contributed by atoms with Crippen molar-refractivity contribution >= 4 is 123 Å². The summed E-state index contributed by atoms with van der Waals surface area (Å²) in [6.45, 7) is 19.6. The van der Waals surface area contributed by atoms with Crippen LogP contribution < -0.4 is 16.0 Å². The summed E-state index contributed by atoms with van der Waals surface area (Å²) in [5.74, 6) is -1.56. The second kappa shape index (κ2) is 28.6. The summed E-state index contributed by atoms with van der Waals surface area (Å²) in [6.07, 6.45) is -7.31. The Bertz CT molecular complexity index is 1740. The van der Waals surface area contributed by atoms with E-state index >= 15 is 0 Å². The zero-order valence-electron chi connectivity index (χ0n) is 41.6. The van der Waals surface area contributed by atoms with E-state index in [0.717, 1.165) is 0 Å². The fraction of sp³-hybridized carbons (Fsp3) is 0.889. The summed E-state index contributed by atoms with van der Waals surface area (Å²) in [5, 5.41) is 18.6. The second-order valence-electron chi connectivity index (χ2n) is 19.3. The lowest BCUT2D eigenvalue weighted by molar-refractivity contribution is -0.301. The van der Waals surface area contributed by atoms with Crippen LogP contribution in [0, 0.1) is 53.3 Å². The van der Waals surface area contributed by atoms with Gasteiger partial charge in [0.1, 0.15) is 19.8 Å². The minimum Gasteiger partial charge on any atom is -0.445 e. The number of hydrogen-bond acceptors (Lipinski definition) is 15. The van der Waals surface area contributed by atoms with Crippen LogP contribution in [0.5, 0.6) is 0 Å². The van der Waals surface area contributed by atoms with Gasteiger partial charge in [-0.3, -0.25) is 0 Å². The molecule has 27 heteroatoms. The van der Waals surface area contributed by atoms with Gasteiger partial charge in [-0.15, -0.1) is 6.58 Å². The van der Waals surface area contributed by atoms with Crippen molar-refractivity contribution in [1.29, 1.82) is 0 Å². The summed E-state index contributed by atoms with van der Waals surface area (Å²) in [4.78, 5) is 39.3. The zero-order chi connectivity index (χ0) is 54.0. The average molecular weight is 1210 g/mol. The van der Waals surface area contributed by atoms with Crippen molar-refractivity contribution in [2.24, 2.45) is 53.3 Å². The number of ether oxygens (including phenoxy) is 11. The number of alkyl carbamates (subject to hydrolysis) is 3. The smallest absolute Gasteiger partial charge is 0.407 e. The van der Waals surface area contributed by atoms with Crippen LogP contribution in [0.2, 0.25) is 0 Å². The van der Waals surface area contributed by atoms with E-state index in [2.05, 4.69) is 43.3 Å². The fourth-order valence-electron chi connectivity index (χ4n) is 9.08. The largest absolute Gasteiger partial charge is 0.445 e. The highest BCUT2D eigenvalue weighted by atomic mass is 35.6. The Kier molecular flexibility index (Phi) is 25.6. The third-order valence-corrected chi connectivity index (χ3v) is 15.5. The van der Waals surface area contributed by atoms with Gasteiger partial charge in [0, 0.05) is 5.92 Å². The SMILES string of the molecule is C=CCO[C@@H]1OC(CO[C@@H]2OC(CO[C@@H]3OC(CO[C@@H]4OC(CO)[C@@H](C)[C@H](C)C4NC(=O)OCC(Cl)(Cl)Cl)[C@@H](C)[C@H](C)C3NC(=O)OCC(Cl)(Cl)Cl)[C@@H](C)[C@H](C)C2NC(=O)OCC(Cl)(Cl)Cl)[C@@H](C)[C@H](C)C1C.